The van der Waals surface area contributed by atoms with E-state index in [4.69, 9.17) is 11.6 Å². The van der Waals surface area contributed by atoms with Crippen molar-refractivity contribution in [2.45, 2.75) is 37.0 Å². The number of alkyl halides is 1. The number of benzene rings is 1. The van der Waals surface area contributed by atoms with Crippen molar-refractivity contribution in [1.82, 2.24) is 9.97 Å². The smallest absolute Gasteiger partial charge is 0.116 e. The van der Waals surface area contributed by atoms with Gasteiger partial charge in [0.15, 0.2) is 0 Å². The maximum absolute atomic E-state index is 5.87. The van der Waals surface area contributed by atoms with Crippen LogP contribution in [-0.2, 0) is 11.3 Å². The van der Waals surface area contributed by atoms with Gasteiger partial charge in [-0.05, 0) is 18.4 Å². The molecule has 0 radical (unpaired) electrons. The molecule has 1 N–H and O–H groups in total. The number of nitrogens with zero attached hydrogens (tertiary/aromatic N) is 1. The Bertz CT molecular complexity index is 512. The molecule has 1 saturated carbocycles. The van der Waals surface area contributed by atoms with Crippen LogP contribution >= 0.6 is 11.6 Å². The average molecular weight is 261 g/mol. The lowest BCUT2D eigenvalue weighted by atomic mass is 9.78. The number of imidazole rings is 1. The molecule has 18 heavy (non-hydrogen) atoms. The Morgan fingerprint density at radius 2 is 1.89 bits per heavy atom. The molecule has 2 nitrogen and oxygen atoms in total. The van der Waals surface area contributed by atoms with Crippen molar-refractivity contribution in [3.05, 3.63) is 53.6 Å². The highest BCUT2D eigenvalue weighted by molar-refractivity contribution is 6.16. The quantitative estimate of drug-likeness (QED) is 0.830. The average Bonchev–Trinajstić information content (AvgIpc) is 3.09. The van der Waals surface area contributed by atoms with E-state index < -0.39 is 0 Å². The molecule has 0 aliphatic heterocycles. The SMILES string of the molecule is ClCc1cnc(C2(c3ccccc3)CCCC2)[nH]1. The first-order valence-corrected chi connectivity index (χ1v) is 7.04. The van der Waals surface area contributed by atoms with Crippen LogP contribution < -0.4 is 0 Å². The minimum atomic E-state index is 0.0750. The Morgan fingerprint density at radius 1 is 1.17 bits per heavy atom. The third-order valence-electron chi connectivity index (χ3n) is 4.01. The second-order valence-corrected chi connectivity index (χ2v) is 5.31. The summed E-state index contributed by atoms with van der Waals surface area (Å²) in [4.78, 5) is 7.98. The fraction of sp³-hybridized carbons (Fsp3) is 0.400. The molecule has 1 aromatic carbocycles. The van der Waals surface area contributed by atoms with Crippen LogP contribution in [0.3, 0.4) is 0 Å². The van der Waals surface area contributed by atoms with E-state index in [1.807, 2.05) is 6.20 Å². The highest BCUT2D eigenvalue weighted by atomic mass is 35.5. The second kappa shape index (κ2) is 4.77. The van der Waals surface area contributed by atoms with Crippen molar-refractivity contribution in [3.8, 4) is 0 Å². The van der Waals surface area contributed by atoms with E-state index in [2.05, 4.69) is 40.3 Å². The molecule has 0 saturated heterocycles. The summed E-state index contributed by atoms with van der Waals surface area (Å²) < 4.78 is 0. The van der Waals surface area contributed by atoms with Crippen molar-refractivity contribution >= 4 is 11.6 Å². The maximum atomic E-state index is 5.87. The monoisotopic (exact) mass is 260 g/mol. The van der Waals surface area contributed by atoms with Crippen LogP contribution in [0.4, 0.5) is 0 Å². The molecule has 1 fully saturated rings. The number of H-pyrrole nitrogens is 1. The molecule has 1 aliphatic carbocycles. The molecular weight excluding hydrogens is 244 g/mol. The van der Waals surface area contributed by atoms with E-state index in [0.29, 0.717) is 5.88 Å². The van der Waals surface area contributed by atoms with Crippen LogP contribution in [0.2, 0.25) is 0 Å². The van der Waals surface area contributed by atoms with Gasteiger partial charge in [0.05, 0.1) is 11.3 Å². The van der Waals surface area contributed by atoms with E-state index in [0.717, 1.165) is 11.5 Å². The summed E-state index contributed by atoms with van der Waals surface area (Å²) in [5, 5.41) is 0. The third-order valence-corrected chi connectivity index (χ3v) is 4.30. The van der Waals surface area contributed by atoms with E-state index >= 15 is 0 Å². The largest absolute Gasteiger partial charge is 0.344 e. The molecule has 0 spiro atoms. The van der Waals surface area contributed by atoms with Gasteiger partial charge < -0.3 is 4.98 Å². The number of aromatic amines is 1. The van der Waals surface area contributed by atoms with Crippen molar-refractivity contribution < 1.29 is 0 Å². The van der Waals surface area contributed by atoms with Gasteiger partial charge in [-0.3, -0.25) is 0 Å². The summed E-state index contributed by atoms with van der Waals surface area (Å²) >= 11 is 5.87. The van der Waals surface area contributed by atoms with Gasteiger partial charge in [0, 0.05) is 11.9 Å². The second-order valence-electron chi connectivity index (χ2n) is 5.05. The minimum absolute atomic E-state index is 0.0750. The van der Waals surface area contributed by atoms with E-state index in [1.54, 1.807) is 0 Å². The standard InChI is InChI=1S/C15H17ClN2/c16-10-13-11-17-14(18-13)15(8-4-5-9-15)12-6-2-1-3-7-12/h1-3,6-7,11H,4-5,8-10H2,(H,17,18). The molecule has 0 atom stereocenters. The Kier molecular flexibility index (Phi) is 3.13. The number of hydrogen-bond acceptors (Lipinski definition) is 1. The Morgan fingerprint density at radius 3 is 2.50 bits per heavy atom. The Balaban J connectivity index is 2.06. The minimum Gasteiger partial charge on any atom is -0.344 e. The maximum Gasteiger partial charge on any atom is 0.116 e. The molecule has 0 bridgehead atoms. The van der Waals surface area contributed by atoms with Gasteiger partial charge in [0.1, 0.15) is 5.82 Å². The van der Waals surface area contributed by atoms with E-state index in [1.165, 1.54) is 31.2 Å². The van der Waals surface area contributed by atoms with E-state index in [-0.39, 0.29) is 5.41 Å². The molecule has 0 unspecified atom stereocenters. The highest BCUT2D eigenvalue weighted by Gasteiger charge is 2.39. The Hall–Kier alpha value is -1.28. The summed E-state index contributed by atoms with van der Waals surface area (Å²) in [6.07, 6.45) is 6.75. The van der Waals surface area contributed by atoms with Gasteiger partial charge in [0.2, 0.25) is 0 Å². The fourth-order valence-corrected chi connectivity index (χ4v) is 3.20. The highest BCUT2D eigenvalue weighted by Crippen LogP contribution is 2.45. The summed E-state index contributed by atoms with van der Waals surface area (Å²) in [6.45, 7) is 0. The number of halogens is 1. The molecule has 2 aromatic rings. The first-order valence-electron chi connectivity index (χ1n) is 6.51. The molecular formula is C15H17ClN2. The van der Waals surface area contributed by atoms with Crippen molar-refractivity contribution in [2.24, 2.45) is 0 Å². The van der Waals surface area contributed by atoms with Gasteiger partial charge in [0.25, 0.3) is 0 Å². The first-order chi connectivity index (χ1) is 8.85. The zero-order valence-electron chi connectivity index (χ0n) is 10.3. The predicted octanol–water partition coefficient (Wildman–Crippen LogP) is 4.01. The summed E-state index contributed by atoms with van der Waals surface area (Å²) in [7, 11) is 0. The summed E-state index contributed by atoms with van der Waals surface area (Å²) in [5.41, 5.74) is 2.46. The molecule has 3 heteroatoms. The van der Waals surface area contributed by atoms with Crippen LogP contribution in [0.15, 0.2) is 36.5 Å². The lowest BCUT2D eigenvalue weighted by Gasteiger charge is -2.27. The summed E-state index contributed by atoms with van der Waals surface area (Å²) in [5.74, 6) is 1.58. The van der Waals surface area contributed by atoms with Gasteiger partial charge in [-0.15, -0.1) is 11.6 Å². The van der Waals surface area contributed by atoms with E-state index in [9.17, 15) is 0 Å². The van der Waals surface area contributed by atoms with Crippen molar-refractivity contribution in [3.63, 3.8) is 0 Å². The topological polar surface area (TPSA) is 28.7 Å². The predicted molar refractivity (Wildman–Crippen MR) is 73.8 cm³/mol. The van der Waals surface area contributed by atoms with Gasteiger partial charge in [-0.1, -0.05) is 43.2 Å². The molecule has 0 amide bonds. The van der Waals surface area contributed by atoms with Crippen LogP contribution in [0.1, 0.15) is 42.8 Å². The molecule has 1 aliphatic rings. The van der Waals surface area contributed by atoms with Gasteiger partial charge >= 0.3 is 0 Å². The molecule has 94 valence electrons. The van der Waals surface area contributed by atoms with Crippen LogP contribution in [-0.4, -0.2) is 9.97 Å². The lowest BCUT2D eigenvalue weighted by Crippen LogP contribution is -2.25. The number of nitrogens with one attached hydrogen (secondary N) is 1. The van der Waals surface area contributed by atoms with Crippen LogP contribution in [0, 0.1) is 0 Å². The zero-order valence-corrected chi connectivity index (χ0v) is 11.1. The Labute approximate surface area is 112 Å². The number of hydrogen-bond donors (Lipinski definition) is 1. The summed E-state index contributed by atoms with van der Waals surface area (Å²) in [6, 6.07) is 10.7. The van der Waals surface area contributed by atoms with Crippen LogP contribution in [0.25, 0.3) is 0 Å². The van der Waals surface area contributed by atoms with Gasteiger partial charge in [-0.25, -0.2) is 4.98 Å². The fourth-order valence-electron chi connectivity index (χ4n) is 3.07. The molecule has 1 aromatic heterocycles. The lowest BCUT2D eigenvalue weighted by molar-refractivity contribution is 0.504. The first kappa shape index (κ1) is 11.8. The zero-order chi connectivity index (χ0) is 12.4. The number of rotatable bonds is 3. The third kappa shape index (κ3) is 1.85. The van der Waals surface area contributed by atoms with Crippen LogP contribution in [0.5, 0.6) is 0 Å². The van der Waals surface area contributed by atoms with Crippen molar-refractivity contribution in [1.29, 1.82) is 0 Å². The normalized spacial score (nSPS) is 18.1. The van der Waals surface area contributed by atoms with Gasteiger partial charge in [-0.2, -0.15) is 0 Å². The number of aromatic nitrogens is 2. The molecule has 1 heterocycles. The van der Waals surface area contributed by atoms with Crippen molar-refractivity contribution in [2.75, 3.05) is 0 Å². The molecule has 3 rings (SSSR count).